The first-order chi connectivity index (χ1) is 9.22. The number of rotatable bonds is 5. The van der Waals surface area contributed by atoms with Crippen LogP contribution >= 0.6 is 0 Å². The van der Waals surface area contributed by atoms with E-state index in [9.17, 15) is 4.79 Å². The molecule has 19 heavy (non-hydrogen) atoms. The lowest BCUT2D eigenvalue weighted by molar-refractivity contribution is -0.123. The van der Waals surface area contributed by atoms with Crippen molar-refractivity contribution in [2.45, 2.75) is 44.6 Å². The molecular formula is C16H24N2O. The molecule has 1 aliphatic rings. The van der Waals surface area contributed by atoms with Crippen molar-refractivity contribution < 1.29 is 4.79 Å². The Bertz CT molecular complexity index is 398. The molecule has 0 radical (unpaired) electrons. The van der Waals surface area contributed by atoms with E-state index in [1.807, 2.05) is 37.3 Å². The van der Waals surface area contributed by atoms with E-state index >= 15 is 0 Å². The Morgan fingerprint density at radius 1 is 1.32 bits per heavy atom. The second-order valence-corrected chi connectivity index (χ2v) is 5.53. The zero-order valence-electron chi connectivity index (χ0n) is 11.6. The van der Waals surface area contributed by atoms with Gasteiger partial charge in [0.05, 0.1) is 5.92 Å². The molecule has 3 N–H and O–H groups in total. The summed E-state index contributed by atoms with van der Waals surface area (Å²) in [5, 5.41) is 3.14. The Balaban J connectivity index is 1.95. The van der Waals surface area contributed by atoms with Gasteiger partial charge in [-0.25, -0.2) is 0 Å². The first-order valence-corrected chi connectivity index (χ1v) is 7.27. The van der Waals surface area contributed by atoms with Crippen LogP contribution in [0.1, 0.15) is 44.1 Å². The molecular weight excluding hydrogens is 236 g/mol. The highest BCUT2D eigenvalue weighted by atomic mass is 16.1. The van der Waals surface area contributed by atoms with Gasteiger partial charge in [0.2, 0.25) is 5.91 Å². The van der Waals surface area contributed by atoms with Crippen LogP contribution in [0.5, 0.6) is 0 Å². The fourth-order valence-electron chi connectivity index (χ4n) is 2.93. The summed E-state index contributed by atoms with van der Waals surface area (Å²) in [6.45, 7) is 2.49. The molecule has 2 rings (SSSR count). The number of nitrogens with one attached hydrogen (secondary N) is 1. The maximum atomic E-state index is 12.3. The van der Waals surface area contributed by atoms with Gasteiger partial charge in [0, 0.05) is 12.6 Å². The minimum Gasteiger partial charge on any atom is -0.351 e. The van der Waals surface area contributed by atoms with Crippen LogP contribution in [-0.4, -0.2) is 18.5 Å². The minimum absolute atomic E-state index is 0.0912. The smallest absolute Gasteiger partial charge is 0.227 e. The average molecular weight is 260 g/mol. The molecule has 1 aromatic carbocycles. The van der Waals surface area contributed by atoms with Gasteiger partial charge >= 0.3 is 0 Å². The lowest BCUT2D eigenvalue weighted by atomic mass is 9.95. The number of nitrogens with two attached hydrogens (primary N) is 1. The number of carbonyl (C=O) groups excluding carboxylic acids is 1. The molecule has 1 aromatic rings. The predicted octanol–water partition coefficient (Wildman–Crippen LogP) is 2.42. The molecule has 0 spiro atoms. The summed E-state index contributed by atoms with van der Waals surface area (Å²) < 4.78 is 0. The Labute approximate surface area is 115 Å². The van der Waals surface area contributed by atoms with Crippen molar-refractivity contribution >= 4 is 5.91 Å². The van der Waals surface area contributed by atoms with Gasteiger partial charge in [0.25, 0.3) is 0 Å². The van der Waals surface area contributed by atoms with Crippen LogP contribution in [0, 0.1) is 5.92 Å². The van der Waals surface area contributed by atoms with Crippen LogP contribution < -0.4 is 11.1 Å². The highest BCUT2D eigenvalue weighted by Gasteiger charge is 2.26. The fourth-order valence-corrected chi connectivity index (χ4v) is 2.93. The molecule has 1 fully saturated rings. The molecule has 0 aliphatic heterocycles. The van der Waals surface area contributed by atoms with Crippen LogP contribution in [0.25, 0.3) is 0 Å². The van der Waals surface area contributed by atoms with E-state index in [2.05, 4.69) is 5.32 Å². The normalized spacial score (nSPS) is 19.1. The van der Waals surface area contributed by atoms with Gasteiger partial charge in [-0.3, -0.25) is 4.79 Å². The van der Waals surface area contributed by atoms with Crippen molar-refractivity contribution in [3.05, 3.63) is 35.9 Å². The maximum Gasteiger partial charge on any atom is 0.227 e. The molecule has 1 amide bonds. The van der Waals surface area contributed by atoms with Crippen molar-refractivity contribution in [3.63, 3.8) is 0 Å². The zero-order chi connectivity index (χ0) is 13.7. The third kappa shape index (κ3) is 3.57. The molecule has 2 atom stereocenters. The average Bonchev–Trinajstić information content (AvgIpc) is 2.98. The highest BCUT2D eigenvalue weighted by molar-refractivity contribution is 5.83. The van der Waals surface area contributed by atoms with Gasteiger partial charge in [-0.15, -0.1) is 0 Å². The third-order valence-corrected chi connectivity index (χ3v) is 4.24. The van der Waals surface area contributed by atoms with Crippen molar-refractivity contribution in [1.82, 2.24) is 5.32 Å². The van der Waals surface area contributed by atoms with Gasteiger partial charge in [0.1, 0.15) is 0 Å². The van der Waals surface area contributed by atoms with Crippen molar-refractivity contribution in [3.8, 4) is 0 Å². The SMILES string of the molecule is CC(C(=O)NC(CN)C1CCCC1)c1ccccc1. The lowest BCUT2D eigenvalue weighted by Crippen LogP contribution is -2.46. The van der Waals surface area contributed by atoms with Crippen LogP contribution in [0.4, 0.5) is 0 Å². The molecule has 0 heterocycles. The zero-order valence-corrected chi connectivity index (χ0v) is 11.6. The number of amides is 1. The van der Waals surface area contributed by atoms with E-state index in [1.165, 1.54) is 25.7 Å². The van der Waals surface area contributed by atoms with E-state index < -0.39 is 0 Å². The van der Waals surface area contributed by atoms with Crippen molar-refractivity contribution in [2.75, 3.05) is 6.54 Å². The Morgan fingerprint density at radius 3 is 2.53 bits per heavy atom. The lowest BCUT2D eigenvalue weighted by Gasteiger charge is -2.25. The summed E-state index contributed by atoms with van der Waals surface area (Å²) in [7, 11) is 0. The summed E-state index contributed by atoms with van der Waals surface area (Å²) in [4.78, 5) is 12.3. The second kappa shape index (κ2) is 6.71. The maximum absolute atomic E-state index is 12.3. The fraction of sp³-hybridized carbons (Fsp3) is 0.562. The van der Waals surface area contributed by atoms with Crippen LogP contribution in [-0.2, 0) is 4.79 Å². The largest absolute Gasteiger partial charge is 0.351 e. The summed E-state index contributed by atoms with van der Waals surface area (Å²) in [6, 6.07) is 10.0. The van der Waals surface area contributed by atoms with E-state index in [1.54, 1.807) is 0 Å². The van der Waals surface area contributed by atoms with Crippen LogP contribution in [0.2, 0.25) is 0 Å². The third-order valence-electron chi connectivity index (χ3n) is 4.24. The Hall–Kier alpha value is -1.35. The second-order valence-electron chi connectivity index (χ2n) is 5.53. The van der Waals surface area contributed by atoms with E-state index in [0.29, 0.717) is 12.5 Å². The van der Waals surface area contributed by atoms with Crippen LogP contribution in [0.15, 0.2) is 30.3 Å². The van der Waals surface area contributed by atoms with Gasteiger partial charge in [-0.05, 0) is 31.2 Å². The monoisotopic (exact) mass is 260 g/mol. The first-order valence-electron chi connectivity index (χ1n) is 7.27. The Morgan fingerprint density at radius 2 is 1.95 bits per heavy atom. The van der Waals surface area contributed by atoms with Crippen molar-refractivity contribution in [2.24, 2.45) is 11.7 Å². The highest BCUT2D eigenvalue weighted by Crippen LogP contribution is 2.27. The standard InChI is InChI=1S/C16H24N2O/c1-12(13-7-3-2-4-8-13)16(19)18-15(11-17)14-9-5-6-10-14/h2-4,7-8,12,14-15H,5-6,9-11,17H2,1H3,(H,18,19). The molecule has 0 bridgehead atoms. The molecule has 0 saturated heterocycles. The van der Waals surface area contributed by atoms with Gasteiger partial charge in [-0.1, -0.05) is 43.2 Å². The van der Waals surface area contributed by atoms with E-state index in [4.69, 9.17) is 5.73 Å². The number of benzene rings is 1. The summed E-state index contributed by atoms with van der Waals surface area (Å²) in [5.74, 6) is 0.544. The number of carbonyl (C=O) groups is 1. The molecule has 3 heteroatoms. The quantitative estimate of drug-likeness (QED) is 0.854. The topological polar surface area (TPSA) is 55.1 Å². The van der Waals surface area contributed by atoms with Gasteiger partial charge < -0.3 is 11.1 Å². The summed E-state index contributed by atoms with van der Waals surface area (Å²) in [6.07, 6.45) is 4.93. The van der Waals surface area contributed by atoms with Crippen LogP contribution in [0.3, 0.4) is 0 Å². The van der Waals surface area contributed by atoms with E-state index in [-0.39, 0.29) is 17.9 Å². The first kappa shape index (κ1) is 14.1. The minimum atomic E-state index is -0.114. The molecule has 3 nitrogen and oxygen atoms in total. The predicted molar refractivity (Wildman–Crippen MR) is 77.8 cm³/mol. The summed E-state index contributed by atoms with van der Waals surface area (Å²) >= 11 is 0. The molecule has 0 aromatic heterocycles. The Kier molecular flexibility index (Phi) is 4.97. The van der Waals surface area contributed by atoms with E-state index in [0.717, 1.165) is 5.56 Å². The molecule has 2 unspecified atom stereocenters. The molecule has 1 aliphatic carbocycles. The number of hydrogen-bond acceptors (Lipinski definition) is 2. The van der Waals surface area contributed by atoms with Crippen molar-refractivity contribution in [1.29, 1.82) is 0 Å². The van der Waals surface area contributed by atoms with Gasteiger partial charge in [0.15, 0.2) is 0 Å². The summed E-state index contributed by atoms with van der Waals surface area (Å²) in [5.41, 5.74) is 6.88. The molecule has 104 valence electrons. The molecule has 1 saturated carbocycles. The van der Waals surface area contributed by atoms with Gasteiger partial charge in [-0.2, -0.15) is 0 Å². The number of hydrogen-bond donors (Lipinski definition) is 2.